The lowest BCUT2D eigenvalue weighted by molar-refractivity contribution is -0.129. The minimum atomic E-state index is -0.0976. The van der Waals surface area contributed by atoms with E-state index in [1.165, 1.54) is 19.3 Å². The molecule has 0 aromatic heterocycles. The van der Waals surface area contributed by atoms with Gasteiger partial charge >= 0.3 is 0 Å². The Kier molecular flexibility index (Phi) is 8.67. The molecule has 24 heavy (non-hydrogen) atoms. The van der Waals surface area contributed by atoms with E-state index in [0.29, 0.717) is 12.3 Å². The fraction of sp³-hybridized carbons (Fsp3) is 0.944. The van der Waals surface area contributed by atoms with Gasteiger partial charge in [-0.25, -0.2) is 0 Å². The van der Waals surface area contributed by atoms with Crippen LogP contribution in [0.5, 0.6) is 0 Å². The van der Waals surface area contributed by atoms with Crippen LogP contribution in [0.15, 0.2) is 10.3 Å². The summed E-state index contributed by atoms with van der Waals surface area (Å²) in [7, 11) is 0. The number of piperidine rings is 1. The molecule has 0 amide bonds. The first kappa shape index (κ1) is 19.3. The molecule has 2 heterocycles. The van der Waals surface area contributed by atoms with Crippen LogP contribution in [0.4, 0.5) is 0 Å². The Morgan fingerprint density at radius 1 is 1.25 bits per heavy atom. The SMILES string of the molecule is CCCCCC1CN([C@@H](CCCCN)C(=O)C2CCNCC2)N=N1. The third kappa shape index (κ3) is 5.81. The van der Waals surface area contributed by atoms with Gasteiger partial charge in [0.1, 0.15) is 6.04 Å². The molecule has 0 spiro atoms. The molecule has 0 bridgehead atoms. The van der Waals surface area contributed by atoms with Crippen LogP contribution in [0.25, 0.3) is 0 Å². The van der Waals surface area contributed by atoms with Gasteiger partial charge in [0.2, 0.25) is 0 Å². The second-order valence-corrected chi connectivity index (χ2v) is 7.20. The highest BCUT2D eigenvalue weighted by Crippen LogP contribution is 2.25. The van der Waals surface area contributed by atoms with Gasteiger partial charge in [0.05, 0.1) is 12.6 Å². The quantitative estimate of drug-likeness (QED) is 0.568. The smallest absolute Gasteiger partial charge is 0.160 e. The molecule has 0 saturated carbocycles. The van der Waals surface area contributed by atoms with Crippen molar-refractivity contribution in [2.24, 2.45) is 22.0 Å². The van der Waals surface area contributed by atoms with Crippen LogP contribution in [0.1, 0.15) is 64.7 Å². The summed E-state index contributed by atoms with van der Waals surface area (Å²) in [5.41, 5.74) is 5.63. The van der Waals surface area contributed by atoms with Crippen LogP contribution in [-0.2, 0) is 4.79 Å². The molecule has 2 atom stereocenters. The zero-order valence-electron chi connectivity index (χ0n) is 15.3. The van der Waals surface area contributed by atoms with E-state index in [0.717, 1.165) is 58.2 Å². The van der Waals surface area contributed by atoms with Crippen LogP contribution < -0.4 is 11.1 Å². The Balaban J connectivity index is 1.90. The van der Waals surface area contributed by atoms with Crippen molar-refractivity contribution in [2.75, 3.05) is 26.2 Å². The molecule has 6 nitrogen and oxygen atoms in total. The topological polar surface area (TPSA) is 83.1 Å². The van der Waals surface area contributed by atoms with Crippen molar-refractivity contribution in [2.45, 2.75) is 76.8 Å². The molecule has 3 N–H and O–H groups in total. The summed E-state index contributed by atoms with van der Waals surface area (Å²) in [6.07, 6.45) is 9.50. The number of hydrogen-bond donors (Lipinski definition) is 2. The average Bonchev–Trinajstić information content (AvgIpc) is 3.08. The molecular formula is C18H35N5O. The van der Waals surface area contributed by atoms with Gasteiger partial charge in [0.15, 0.2) is 5.78 Å². The Labute approximate surface area is 146 Å². The number of ketones is 1. The van der Waals surface area contributed by atoms with Crippen LogP contribution in [-0.4, -0.2) is 49.1 Å². The molecule has 2 aliphatic rings. The predicted octanol–water partition coefficient (Wildman–Crippen LogP) is 2.68. The number of unbranched alkanes of at least 4 members (excludes halogenated alkanes) is 3. The van der Waals surface area contributed by atoms with E-state index in [9.17, 15) is 4.79 Å². The second kappa shape index (κ2) is 10.8. The summed E-state index contributed by atoms with van der Waals surface area (Å²) in [5, 5.41) is 14.1. The largest absolute Gasteiger partial charge is 0.330 e. The normalized spacial score (nSPS) is 22.9. The molecule has 1 saturated heterocycles. The lowest BCUT2D eigenvalue weighted by Crippen LogP contribution is -2.44. The van der Waals surface area contributed by atoms with Crippen molar-refractivity contribution in [1.82, 2.24) is 10.3 Å². The molecule has 138 valence electrons. The van der Waals surface area contributed by atoms with Gasteiger partial charge in [-0.2, -0.15) is 5.11 Å². The van der Waals surface area contributed by atoms with Crippen LogP contribution in [0, 0.1) is 5.92 Å². The van der Waals surface area contributed by atoms with Gasteiger partial charge in [-0.15, -0.1) is 0 Å². The van der Waals surface area contributed by atoms with Gasteiger partial charge < -0.3 is 11.1 Å². The first-order valence-electron chi connectivity index (χ1n) is 9.88. The molecule has 6 heteroatoms. The minimum absolute atomic E-state index is 0.0976. The Morgan fingerprint density at radius 2 is 2.04 bits per heavy atom. The number of Topliss-reactive ketones (excluding diaryl/α,β-unsaturated/α-hetero) is 1. The summed E-state index contributed by atoms with van der Waals surface area (Å²) in [6.45, 7) is 5.62. The van der Waals surface area contributed by atoms with E-state index in [2.05, 4.69) is 22.6 Å². The van der Waals surface area contributed by atoms with Crippen LogP contribution in [0.2, 0.25) is 0 Å². The molecular weight excluding hydrogens is 302 g/mol. The second-order valence-electron chi connectivity index (χ2n) is 7.20. The Bertz CT molecular complexity index is 395. The summed E-state index contributed by atoms with van der Waals surface area (Å²) in [4.78, 5) is 13.0. The summed E-state index contributed by atoms with van der Waals surface area (Å²) in [5.74, 6) is 0.560. The lowest BCUT2D eigenvalue weighted by atomic mass is 9.87. The predicted molar refractivity (Wildman–Crippen MR) is 96.8 cm³/mol. The highest BCUT2D eigenvalue weighted by Gasteiger charge is 2.34. The Hall–Kier alpha value is -1.01. The standard InChI is InChI=1S/C18H35N5O/c1-2-3-4-7-16-14-23(22-21-16)17(8-5-6-11-19)18(24)15-9-12-20-13-10-15/h15-17,20H,2-14,19H2,1H3/t16?,17-/m0/s1. The minimum Gasteiger partial charge on any atom is -0.330 e. The van der Waals surface area contributed by atoms with E-state index in [1.54, 1.807) is 0 Å². The summed E-state index contributed by atoms with van der Waals surface area (Å²) >= 11 is 0. The third-order valence-electron chi connectivity index (χ3n) is 5.23. The summed E-state index contributed by atoms with van der Waals surface area (Å²) < 4.78 is 0. The van der Waals surface area contributed by atoms with E-state index in [4.69, 9.17) is 5.73 Å². The number of nitrogens with two attached hydrogens (primary N) is 1. The van der Waals surface area contributed by atoms with E-state index in [1.807, 2.05) is 5.01 Å². The monoisotopic (exact) mass is 337 g/mol. The third-order valence-corrected chi connectivity index (χ3v) is 5.23. The van der Waals surface area contributed by atoms with E-state index >= 15 is 0 Å². The molecule has 2 aliphatic heterocycles. The van der Waals surface area contributed by atoms with Gasteiger partial charge in [0.25, 0.3) is 0 Å². The van der Waals surface area contributed by atoms with Crippen molar-refractivity contribution in [1.29, 1.82) is 0 Å². The first-order chi connectivity index (χ1) is 11.8. The molecule has 1 unspecified atom stereocenters. The van der Waals surface area contributed by atoms with Gasteiger partial charge in [0, 0.05) is 5.92 Å². The molecule has 1 fully saturated rings. The molecule has 0 aromatic carbocycles. The first-order valence-corrected chi connectivity index (χ1v) is 9.88. The van der Waals surface area contributed by atoms with Crippen molar-refractivity contribution >= 4 is 5.78 Å². The fourth-order valence-electron chi connectivity index (χ4n) is 3.70. The maximum Gasteiger partial charge on any atom is 0.160 e. The highest BCUT2D eigenvalue weighted by molar-refractivity contribution is 5.86. The van der Waals surface area contributed by atoms with Crippen molar-refractivity contribution in [3.05, 3.63) is 0 Å². The number of nitrogens with zero attached hydrogens (tertiary/aromatic N) is 3. The van der Waals surface area contributed by atoms with Gasteiger partial charge in [-0.1, -0.05) is 31.4 Å². The van der Waals surface area contributed by atoms with Crippen molar-refractivity contribution < 1.29 is 4.79 Å². The van der Waals surface area contributed by atoms with E-state index in [-0.39, 0.29) is 18.0 Å². The zero-order valence-corrected chi connectivity index (χ0v) is 15.3. The van der Waals surface area contributed by atoms with Crippen LogP contribution in [0.3, 0.4) is 0 Å². The zero-order chi connectivity index (χ0) is 17.2. The lowest BCUT2D eigenvalue weighted by Gasteiger charge is -2.30. The number of nitrogens with one attached hydrogen (secondary N) is 1. The summed E-state index contributed by atoms with van der Waals surface area (Å²) in [6, 6.07) is 0.175. The number of rotatable bonds is 11. The maximum atomic E-state index is 13.0. The highest BCUT2D eigenvalue weighted by atomic mass is 16.1. The molecule has 2 rings (SSSR count). The molecule has 0 radical (unpaired) electrons. The van der Waals surface area contributed by atoms with Gasteiger partial charge in [-0.3, -0.25) is 9.80 Å². The van der Waals surface area contributed by atoms with Gasteiger partial charge in [-0.05, 0) is 58.2 Å². The maximum absolute atomic E-state index is 13.0. The van der Waals surface area contributed by atoms with Crippen LogP contribution >= 0.6 is 0 Å². The fourth-order valence-corrected chi connectivity index (χ4v) is 3.70. The number of hydrogen-bond acceptors (Lipinski definition) is 6. The van der Waals surface area contributed by atoms with Crippen molar-refractivity contribution in [3.63, 3.8) is 0 Å². The van der Waals surface area contributed by atoms with E-state index < -0.39 is 0 Å². The Morgan fingerprint density at radius 3 is 2.75 bits per heavy atom. The van der Waals surface area contributed by atoms with Crippen molar-refractivity contribution in [3.8, 4) is 0 Å². The number of carbonyl (C=O) groups excluding carboxylic acids is 1. The molecule has 0 aromatic rings. The average molecular weight is 338 g/mol. The number of carbonyl (C=O) groups is 1. The molecule has 0 aliphatic carbocycles.